The molecule has 1 fully saturated rings. The monoisotopic (exact) mass is 631 g/mol. The van der Waals surface area contributed by atoms with Gasteiger partial charge in [0.1, 0.15) is 29.8 Å². The fraction of sp³-hybridized carbons (Fsp3) is 0.333. The Morgan fingerprint density at radius 1 is 1.15 bits per heavy atom. The lowest BCUT2D eigenvalue weighted by atomic mass is 9.86. The van der Waals surface area contributed by atoms with Gasteiger partial charge in [0.2, 0.25) is 5.91 Å². The number of anilines is 1. The Morgan fingerprint density at radius 2 is 1.91 bits per heavy atom. The van der Waals surface area contributed by atoms with E-state index in [1.165, 1.54) is 24.3 Å². The number of ether oxygens (including phenoxy) is 2. The largest absolute Gasteiger partial charge is 0.507 e. The summed E-state index contributed by atoms with van der Waals surface area (Å²) in [4.78, 5) is 21.0. The van der Waals surface area contributed by atoms with Gasteiger partial charge in [-0.25, -0.2) is 13.2 Å². The van der Waals surface area contributed by atoms with E-state index < -0.39 is 34.3 Å². The summed E-state index contributed by atoms with van der Waals surface area (Å²) in [6, 6.07) is 5.90. The number of hydrogen-bond acceptors (Lipinski definition) is 6. The number of amides is 1. The zero-order valence-electron chi connectivity index (χ0n) is 26.5. The third-order valence-corrected chi connectivity index (χ3v) is 8.89. The van der Waals surface area contributed by atoms with E-state index in [0.717, 1.165) is 11.6 Å². The Balaban J connectivity index is 1.78. The van der Waals surface area contributed by atoms with Gasteiger partial charge in [0, 0.05) is 47.2 Å². The molecule has 46 heavy (non-hydrogen) atoms. The Bertz CT molecular complexity index is 1870. The molecule has 2 atom stereocenters. The van der Waals surface area contributed by atoms with Crippen molar-refractivity contribution in [3.8, 4) is 39.5 Å². The predicted molar refractivity (Wildman–Crippen MR) is 172 cm³/mol. The van der Waals surface area contributed by atoms with Crippen LogP contribution in [-0.4, -0.2) is 59.3 Å². The van der Waals surface area contributed by atoms with Crippen LogP contribution < -0.4 is 14.4 Å². The van der Waals surface area contributed by atoms with E-state index in [4.69, 9.17) is 9.47 Å². The first kappa shape index (κ1) is 31.3. The van der Waals surface area contributed by atoms with Crippen molar-refractivity contribution in [2.45, 2.75) is 52.6 Å². The molecule has 1 aromatic heterocycles. The zero-order chi connectivity index (χ0) is 33.0. The highest BCUT2D eigenvalue weighted by molar-refractivity contribution is 6.12. The third kappa shape index (κ3) is 4.82. The van der Waals surface area contributed by atoms with E-state index in [1.54, 1.807) is 18.0 Å². The molecule has 240 valence electrons. The average molecular weight is 632 g/mol. The van der Waals surface area contributed by atoms with E-state index in [9.17, 15) is 9.90 Å². The van der Waals surface area contributed by atoms with Crippen molar-refractivity contribution in [2.75, 3.05) is 31.2 Å². The van der Waals surface area contributed by atoms with Gasteiger partial charge in [-0.05, 0) is 62.6 Å². The number of benzene rings is 3. The molecule has 6 rings (SSSR count). The maximum atomic E-state index is 17.4. The molecule has 2 unspecified atom stereocenters. The number of hydrogen-bond donors (Lipinski definition) is 1. The first-order valence-corrected chi connectivity index (χ1v) is 15.4. The normalized spacial score (nSPS) is 17.5. The SMILES string of the molecule is C=CC(=O)N1CC2COc3c(OCC)c(-c4c(C)ccnc4C(C)C)c4c(F)c(-c5c(O)cccc5F)c(F)cc4c3N2CC1C. The molecule has 0 aliphatic carbocycles. The molecule has 1 N–H and O–H groups in total. The van der Waals surface area contributed by atoms with Crippen LogP contribution in [0.15, 0.2) is 49.2 Å². The number of phenolic OH excluding ortho intramolecular Hbond substituents is 1. The van der Waals surface area contributed by atoms with Crippen LogP contribution in [-0.2, 0) is 4.79 Å². The lowest BCUT2D eigenvalue weighted by Crippen LogP contribution is -2.61. The number of rotatable bonds is 6. The number of phenols is 1. The first-order valence-electron chi connectivity index (χ1n) is 15.4. The molecular formula is C36H36F3N3O4. The summed E-state index contributed by atoms with van der Waals surface area (Å²) in [5, 5.41) is 10.8. The third-order valence-electron chi connectivity index (χ3n) is 8.89. The molecule has 1 amide bonds. The standard InChI is InChI=1S/C36H36F3N3O4/c1-7-26(44)41-16-21-17-46-36-34(42(21)15-20(41)6)22-14-24(38)30(29-23(37)10-9-11-25(29)43)32(39)28(22)31(35(36)45-8-2)27-19(5)12-13-40-33(27)18(3)4/h7,9-14,18,20-21,43H,1,8,15-17H2,2-6H3. The van der Waals surface area contributed by atoms with Crippen LogP contribution >= 0.6 is 0 Å². The van der Waals surface area contributed by atoms with Crippen LogP contribution in [0.4, 0.5) is 18.9 Å². The summed E-state index contributed by atoms with van der Waals surface area (Å²) in [5.41, 5.74) is 1.51. The number of nitrogens with zero attached hydrogens (tertiary/aromatic N) is 3. The molecule has 3 heterocycles. The topological polar surface area (TPSA) is 75.1 Å². The smallest absolute Gasteiger partial charge is 0.246 e. The number of aromatic hydroxyl groups is 1. The van der Waals surface area contributed by atoms with Gasteiger partial charge in [-0.1, -0.05) is 26.5 Å². The van der Waals surface area contributed by atoms with Crippen LogP contribution in [0.5, 0.6) is 17.2 Å². The van der Waals surface area contributed by atoms with Crippen LogP contribution in [0.25, 0.3) is 33.0 Å². The molecule has 3 aromatic carbocycles. The van der Waals surface area contributed by atoms with Gasteiger partial charge >= 0.3 is 0 Å². The quantitative estimate of drug-likeness (QED) is 0.222. The van der Waals surface area contributed by atoms with Crippen LogP contribution in [0.1, 0.15) is 44.9 Å². The Hall–Kier alpha value is -4.73. The summed E-state index contributed by atoms with van der Waals surface area (Å²) in [6.45, 7) is 14.2. The second-order valence-corrected chi connectivity index (χ2v) is 12.1. The molecule has 0 spiro atoms. The van der Waals surface area contributed by atoms with E-state index in [2.05, 4.69) is 11.6 Å². The van der Waals surface area contributed by atoms with Crippen LogP contribution in [0, 0.1) is 24.4 Å². The lowest BCUT2D eigenvalue weighted by molar-refractivity contribution is -0.129. The summed E-state index contributed by atoms with van der Waals surface area (Å²) in [7, 11) is 0. The Labute approximate surface area is 265 Å². The number of pyridine rings is 1. The molecule has 0 saturated carbocycles. The molecule has 1 saturated heterocycles. The van der Waals surface area contributed by atoms with Crippen LogP contribution in [0.3, 0.4) is 0 Å². The van der Waals surface area contributed by atoms with Gasteiger partial charge in [-0.15, -0.1) is 0 Å². The Morgan fingerprint density at radius 3 is 2.59 bits per heavy atom. The second kappa shape index (κ2) is 11.9. The molecule has 0 radical (unpaired) electrons. The van der Waals surface area contributed by atoms with Crippen molar-refractivity contribution in [1.29, 1.82) is 0 Å². The van der Waals surface area contributed by atoms with Crippen molar-refractivity contribution in [3.05, 3.63) is 77.9 Å². The first-order chi connectivity index (χ1) is 22.0. The molecule has 10 heteroatoms. The maximum Gasteiger partial charge on any atom is 0.246 e. The fourth-order valence-corrected chi connectivity index (χ4v) is 6.84. The fourth-order valence-electron chi connectivity index (χ4n) is 6.84. The molecule has 2 aliphatic heterocycles. The van der Waals surface area contributed by atoms with Crippen molar-refractivity contribution in [3.63, 3.8) is 0 Å². The van der Waals surface area contributed by atoms with Gasteiger partial charge in [0.25, 0.3) is 0 Å². The number of carbonyl (C=O) groups is 1. The molecule has 4 aromatic rings. The van der Waals surface area contributed by atoms with Gasteiger partial charge in [0.15, 0.2) is 11.5 Å². The predicted octanol–water partition coefficient (Wildman–Crippen LogP) is 7.51. The van der Waals surface area contributed by atoms with Crippen molar-refractivity contribution >= 4 is 22.4 Å². The minimum atomic E-state index is -1.05. The lowest BCUT2D eigenvalue weighted by Gasteiger charge is -2.49. The summed E-state index contributed by atoms with van der Waals surface area (Å²) >= 11 is 0. The van der Waals surface area contributed by atoms with Crippen molar-refractivity contribution in [2.24, 2.45) is 0 Å². The van der Waals surface area contributed by atoms with E-state index in [0.29, 0.717) is 41.3 Å². The number of halogens is 3. The Kier molecular flexibility index (Phi) is 8.08. The highest BCUT2D eigenvalue weighted by Gasteiger charge is 2.42. The van der Waals surface area contributed by atoms with E-state index >= 15 is 13.2 Å². The summed E-state index contributed by atoms with van der Waals surface area (Å²) < 4.78 is 61.6. The van der Waals surface area contributed by atoms with Crippen molar-refractivity contribution < 1.29 is 32.5 Å². The minimum Gasteiger partial charge on any atom is -0.507 e. The molecule has 0 bridgehead atoms. The second-order valence-electron chi connectivity index (χ2n) is 12.1. The minimum absolute atomic E-state index is 0.0132. The summed E-state index contributed by atoms with van der Waals surface area (Å²) in [5.74, 6) is -3.39. The number of fused-ring (bicyclic) bond motifs is 5. The van der Waals surface area contributed by atoms with E-state index in [1.807, 2.05) is 38.7 Å². The highest BCUT2D eigenvalue weighted by Crippen LogP contribution is 2.56. The maximum absolute atomic E-state index is 17.4. The van der Waals surface area contributed by atoms with Gasteiger partial charge in [-0.2, -0.15) is 0 Å². The van der Waals surface area contributed by atoms with Gasteiger partial charge in [-0.3, -0.25) is 9.78 Å². The number of aromatic nitrogens is 1. The highest BCUT2D eigenvalue weighted by atomic mass is 19.1. The zero-order valence-corrected chi connectivity index (χ0v) is 26.5. The number of carbonyl (C=O) groups excluding carboxylic acids is 1. The van der Waals surface area contributed by atoms with Gasteiger partial charge < -0.3 is 24.4 Å². The molecule has 7 nitrogen and oxygen atoms in total. The summed E-state index contributed by atoms with van der Waals surface area (Å²) in [6.07, 6.45) is 2.95. The van der Waals surface area contributed by atoms with Crippen LogP contribution in [0.2, 0.25) is 0 Å². The number of aryl methyl sites for hydroxylation is 1. The number of piperazine rings is 1. The van der Waals surface area contributed by atoms with E-state index in [-0.39, 0.29) is 53.6 Å². The van der Waals surface area contributed by atoms with Gasteiger partial charge in [0.05, 0.1) is 35.2 Å². The van der Waals surface area contributed by atoms with Crippen molar-refractivity contribution in [1.82, 2.24) is 9.88 Å². The average Bonchev–Trinajstić information content (AvgIpc) is 3.02. The molecular weight excluding hydrogens is 595 g/mol. The molecule has 2 aliphatic rings.